The van der Waals surface area contributed by atoms with Gasteiger partial charge >= 0.3 is 6.03 Å². The number of urea groups is 1. The van der Waals surface area contributed by atoms with Crippen molar-refractivity contribution in [2.45, 2.75) is 37.1 Å². The molecule has 4 aromatic rings. The van der Waals surface area contributed by atoms with Crippen LogP contribution >= 0.6 is 15.9 Å². The summed E-state index contributed by atoms with van der Waals surface area (Å²) in [7, 11) is 0. The third kappa shape index (κ3) is 3.56. The maximum absolute atomic E-state index is 12.3. The predicted octanol–water partition coefficient (Wildman–Crippen LogP) is 4.04. The highest BCUT2D eigenvalue weighted by molar-refractivity contribution is 9.10. The first-order chi connectivity index (χ1) is 16.9. The van der Waals surface area contributed by atoms with Gasteiger partial charge in [0.25, 0.3) is 5.91 Å². The summed E-state index contributed by atoms with van der Waals surface area (Å²) in [5.41, 5.74) is 10.8. The van der Waals surface area contributed by atoms with Crippen LogP contribution in [-0.4, -0.2) is 37.1 Å². The van der Waals surface area contributed by atoms with Crippen LogP contribution in [0.4, 0.5) is 10.6 Å². The normalized spacial score (nSPS) is 21.9. The Morgan fingerprint density at radius 2 is 1.80 bits per heavy atom. The summed E-state index contributed by atoms with van der Waals surface area (Å²) in [6.45, 7) is 0. The van der Waals surface area contributed by atoms with Crippen molar-refractivity contribution >= 4 is 39.3 Å². The molecule has 1 saturated heterocycles. The average molecular weight is 532 g/mol. The summed E-state index contributed by atoms with van der Waals surface area (Å²) in [5, 5.41) is 9.64. The van der Waals surface area contributed by atoms with Crippen molar-refractivity contribution in [3.05, 3.63) is 65.0 Å². The van der Waals surface area contributed by atoms with Crippen LogP contribution in [-0.2, 0) is 4.79 Å². The number of nitrogens with zero attached hydrogens (tertiary/aromatic N) is 4. The maximum Gasteiger partial charge on any atom is 0.322 e. The summed E-state index contributed by atoms with van der Waals surface area (Å²) >= 11 is 3.62. The molecule has 1 saturated carbocycles. The molecule has 0 radical (unpaired) electrons. The molecule has 1 aliphatic heterocycles. The number of amides is 3. The molecule has 2 fully saturated rings. The van der Waals surface area contributed by atoms with Crippen molar-refractivity contribution in [2.24, 2.45) is 0 Å². The molecule has 0 atom stereocenters. The standard InChI is InChI=1S/C25H22BrN7O2/c26-19-20(15-8-10-25(11-9-15)23(34)31-24(35)32-25)30-22-17(13-29-33(22)21(19)27)16-6-7-18(28-12-16)14-4-2-1-3-5-14/h1-7,12-13,15H,8-11,27H2,(H2,31,32,34,35)/t15-,25+. The molecule has 0 unspecified atom stereocenters. The Balaban J connectivity index is 1.33. The number of carbonyl (C=O) groups is 2. The third-order valence-corrected chi connectivity index (χ3v) is 7.85. The summed E-state index contributed by atoms with van der Waals surface area (Å²) in [6, 6.07) is 13.6. The molecule has 9 nitrogen and oxygen atoms in total. The van der Waals surface area contributed by atoms with Gasteiger partial charge in [0.2, 0.25) is 0 Å². The second-order valence-corrected chi connectivity index (χ2v) is 9.85. The van der Waals surface area contributed by atoms with Gasteiger partial charge in [0, 0.05) is 28.8 Å². The molecular formula is C25H22BrN7O2. The number of halogens is 1. The van der Waals surface area contributed by atoms with Crippen LogP contribution in [0.5, 0.6) is 0 Å². The zero-order chi connectivity index (χ0) is 24.2. The molecule has 6 rings (SSSR count). The number of pyridine rings is 1. The van der Waals surface area contributed by atoms with Crippen LogP contribution in [0.2, 0.25) is 0 Å². The van der Waals surface area contributed by atoms with Gasteiger partial charge in [-0.3, -0.25) is 15.1 Å². The lowest BCUT2D eigenvalue weighted by atomic mass is 9.75. The molecule has 35 heavy (non-hydrogen) atoms. The Labute approximate surface area is 209 Å². The van der Waals surface area contributed by atoms with Crippen LogP contribution < -0.4 is 16.4 Å². The minimum Gasteiger partial charge on any atom is -0.383 e. The first kappa shape index (κ1) is 21.7. The highest BCUT2D eigenvalue weighted by Crippen LogP contribution is 2.42. The average Bonchev–Trinajstić information content (AvgIpc) is 3.43. The van der Waals surface area contributed by atoms with Gasteiger partial charge < -0.3 is 11.1 Å². The topological polar surface area (TPSA) is 127 Å². The van der Waals surface area contributed by atoms with Crippen molar-refractivity contribution in [1.29, 1.82) is 0 Å². The Hall–Kier alpha value is -3.79. The first-order valence-corrected chi connectivity index (χ1v) is 12.2. The number of imide groups is 1. The van der Waals surface area contributed by atoms with E-state index in [1.54, 1.807) is 10.7 Å². The Morgan fingerprint density at radius 1 is 1.03 bits per heavy atom. The number of fused-ring (bicyclic) bond motifs is 1. The van der Waals surface area contributed by atoms with Gasteiger partial charge in [0.15, 0.2) is 5.65 Å². The SMILES string of the molecule is Nc1c(Br)c([C@H]2CC[C@]3(CC2)NC(=O)NC3=O)nc2c(-c3ccc(-c4ccccc4)nc3)cnn12. The van der Waals surface area contributed by atoms with E-state index in [1.165, 1.54) is 0 Å². The van der Waals surface area contributed by atoms with Crippen LogP contribution in [0.15, 0.2) is 59.3 Å². The number of aromatic nitrogens is 4. The van der Waals surface area contributed by atoms with Gasteiger partial charge in [0.1, 0.15) is 11.4 Å². The van der Waals surface area contributed by atoms with E-state index >= 15 is 0 Å². The number of hydrogen-bond acceptors (Lipinski definition) is 6. The van der Waals surface area contributed by atoms with Crippen molar-refractivity contribution in [3.63, 3.8) is 0 Å². The van der Waals surface area contributed by atoms with Gasteiger partial charge in [-0.15, -0.1) is 0 Å². The zero-order valence-electron chi connectivity index (χ0n) is 18.7. The second-order valence-electron chi connectivity index (χ2n) is 9.05. The number of nitrogens with one attached hydrogen (secondary N) is 2. The fourth-order valence-electron chi connectivity index (χ4n) is 5.08. The zero-order valence-corrected chi connectivity index (χ0v) is 20.2. The Bertz CT molecular complexity index is 1460. The van der Waals surface area contributed by atoms with E-state index in [4.69, 9.17) is 10.7 Å². The number of benzene rings is 1. The molecule has 1 spiro atoms. The van der Waals surface area contributed by atoms with Gasteiger partial charge in [-0.05, 0) is 47.7 Å². The number of carbonyl (C=O) groups excluding carboxylic acids is 2. The number of nitrogens with two attached hydrogens (primary N) is 1. The van der Waals surface area contributed by atoms with Gasteiger partial charge in [-0.25, -0.2) is 9.78 Å². The number of nitrogen functional groups attached to an aromatic ring is 1. The summed E-state index contributed by atoms with van der Waals surface area (Å²) in [4.78, 5) is 33.6. The van der Waals surface area contributed by atoms with Crippen LogP contribution in [0.3, 0.4) is 0 Å². The van der Waals surface area contributed by atoms with E-state index in [0.717, 1.165) is 28.1 Å². The number of rotatable bonds is 3. The van der Waals surface area contributed by atoms with Crippen molar-refractivity contribution in [3.8, 4) is 22.4 Å². The molecule has 4 heterocycles. The molecule has 1 aliphatic carbocycles. The van der Waals surface area contributed by atoms with Crippen molar-refractivity contribution < 1.29 is 9.59 Å². The van der Waals surface area contributed by atoms with Crippen molar-refractivity contribution in [1.82, 2.24) is 30.2 Å². The maximum atomic E-state index is 12.3. The third-order valence-electron chi connectivity index (χ3n) is 7.03. The molecular weight excluding hydrogens is 510 g/mol. The largest absolute Gasteiger partial charge is 0.383 e. The van der Waals surface area contributed by atoms with E-state index in [-0.39, 0.29) is 11.8 Å². The minimum atomic E-state index is -0.816. The molecule has 10 heteroatoms. The van der Waals surface area contributed by atoms with Gasteiger partial charge in [-0.1, -0.05) is 36.4 Å². The van der Waals surface area contributed by atoms with E-state index in [9.17, 15) is 9.59 Å². The Morgan fingerprint density at radius 3 is 2.46 bits per heavy atom. The van der Waals surface area contributed by atoms with Crippen LogP contribution in [0.1, 0.15) is 37.3 Å². The minimum absolute atomic E-state index is 0.0916. The molecule has 4 N–H and O–H groups in total. The quantitative estimate of drug-likeness (QED) is 0.342. The summed E-state index contributed by atoms with van der Waals surface area (Å²) in [6.07, 6.45) is 6.07. The molecule has 3 aromatic heterocycles. The number of hydrogen-bond donors (Lipinski definition) is 3. The molecule has 2 aliphatic rings. The highest BCUT2D eigenvalue weighted by atomic mass is 79.9. The van der Waals surface area contributed by atoms with E-state index in [0.29, 0.717) is 41.6 Å². The fraction of sp³-hybridized carbons (Fsp3) is 0.240. The van der Waals surface area contributed by atoms with Crippen molar-refractivity contribution in [2.75, 3.05) is 5.73 Å². The van der Waals surface area contributed by atoms with Crippen LogP contribution in [0.25, 0.3) is 28.0 Å². The molecule has 1 aromatic carbocycles. The van der Waals surface area contributed by atoms with Gasteiger partial charge in [-0.2, -0.15) is 9.61 Å². The Kier molecular flexibility index (Phi) is 5.06. The molecule has 176 valence electrons. The number of anilines is 1. The van der Waals surface area contributed by atoms with E-state index in [2.05, 4.69) is 36.6 Å². The lowest BCUT2D eigenvalue weighted by Crippen LogP contribution is -2.49. The lowest BCUT2D eigenvalue weighted by molar-refractivity contribution is -0.125. The summed E-state index contributed by atoms with van der Waals surface area (Å²) < 4.78 is 2.33. The monoisotopic (exact) mass is 531 g/mol. The lowest BCUT2D eigenvalue weighted by Gasteiger charge is -2.34. The summed E-state index contributed by atoms with van der Waals surface area (Å²) in [5.74, 6) is 0.318. The highest BCUT2D eigenvalue weighted by Gasteiger charge is 2.48. The first-order valence-electron chi connectivity index (χ1n) is 11.4. The van der Waals surface area contributed by atoms with E-state index < -0.39 is 11.6 Å². The van der Waals surface area contributed by atoms with Gasteiger partial charge in [0.05, 0.1) is 22.1 Å². The predicted molar refractivity (Wildman–Crippen MR) is 134 cm³/mol. The van der Waals surface area contributed by atoms with Crippen LogP contribution in [0, 0.1) is 0 Å². The smallest absolute Gasteiger partial charge is 0.322 e. The molecule has 3 amide bonds. The second kappa shape index (κ2) is 8.16. The fourth-order valence-corrected chi connectivity index (χ4v) is 5.66. The molecule has 0 bridgehead atoms. The van der Waals surface area contributed by atoms with E-state index in [1.807, 2.05) is 48.7 Å².